The molecule has 1 aromatic carbocycles. The molecule has 2 atom stereocenters. The third-order valence-electron chi connectivity index (χ3n) is 4.18. The minimum atomic E-state index is -0.188. The Hall–Kier alpha value is -1.39. The van der Waals surface area contributed by atoms with Gasteiger partial charge in [0.2, 0.25) is 0 Å². The van der Waals surface area contributed by atoms with E-state index >= 15 is 0 Å². The molecule has 0 spiro atoms. The highest BCUT2D eigenvalue weighted by Crippen LogP contribution is 2.25. The number of nitrogens with zero attached hydrogens (tertiary/aromatic N) is 1. The van der Waals surface area contributed by atoms with Crippen molar-refractivity contribution < 1.29 is 9.53 Å². The Morgan fingerprint density at radius 1 is 1.40 bits per heavy atom. The van der Waals surface area contributed by atoms with Crippen molar-refractivity contribution in [3.05, 3.63) is 35.4 Å². The van der Waals surface area contributed by atoms with Crippen LogP contribution in [0.1, 0.15) is 24.5 Å². The Kier molecular flexibility index (Phi) is 5.15. The van der Waals surface area contributed by atoms with Crippen LogP contribution in [0.2, 0.25) is 0 Å². The molecule has 1 saturated heterocycles. The van der Waals surface area contributed by atoms with Crippen LogP contribution in [0, 0.1) is 5.92 Å². The summed E-state index contributed by atoms with van der Waals surface area (Å²) in [6.45, 7) is 4.93. The quantitative estimate of drug-likeness (QED) is 0.829. The fourth-order valence-corrected chi connectivity index (χ4v) is 2.94. The summed E-state index contributed by atoms with van der Waals surface area (Å²) in [6, 6.07) is 8.65. The van der Waals surface area contributed by atoms with Gasteiger partial charge in [-0.3, -0.25) is 9.69 Å². The van der Waals surface area contributed by atoms with Gasteiger partial charge in [-0.25, -0.2) is 0 Å². The van der Waals surface area contributed by atoms with E-state index in [1.807, 2.05) is 18.2 Å². The minimum Gasteiger partial charge on any atom is -0.469 e. The molecule has 2 N–H and O–H groups in total. The third kappa shape index (κ3) is 3.58. The average molecular weight is 276 g/mol. The number of ether oxygens (including phenoxy) is 1. The van der Waals surface area contributed by atoms with Crippen molar-refractivity contribution in [2.45, 2.75) is 32.4 Å². The maximum atomic E-state index is 11.5. The molecule has 2 unspecified atom stereocenters. The van der Waals surface area contributed by atoms with Crippen molar-refractivity contribution in [2.24, 2.45) is 11.7 Å². The molecule has 0 saturated carbocycles. The standard InChI is InChI=1S/C16H24N2O2/c1-12-7-13(9-17)10-18(12)11-15-6-4-3-5-14(15)8-16(19)20-2/h3-6,12-13H,7-11,17H2,1-2H3. The number of carbonyl (C=O) groups excluding carboxylic acids is 1. The zero-order valence-corrected chi connectivity index (χ0v) is 12.3. The predicted molar refractivity (Wildman–Crippen MR) is 79.2 cm³/mol. The Morgan fingerprint density at radius 3 is 2.70 bits per heavy atom. The van der Waals surface area contributed by atoms with Gasteiger partial charge in [-0.1, -0.05) is 24.3 Å². The summed E-state index contributed by atoms with van der Waals surface area (Å²) < 4.78 is 4.77. The van der Waals surface area contributed by atoms with Gasteiger partial charge in [-0.2, -0.15) is 0 Å². The van der Waals surface area contributed by atoms with E-state index in [0.29, 0.717) is 18.4 Å². The van der Waals surface area contributed by atoms with E-state index in [0.717, 1.165) is 31.6 Å². The third-order valence-corrected chi connectivity index (χ3v) is 4.18. The zero-order chi connectivity index (χ0) is 14.5. The molecule has 0 aromatic heterocycles. The Balaban J connectivity index is 2.07. The molecule has 1 heterocycles. The number of benzene rings is 1. The van der Waals surface area contributed by atoms with Crippen LogP contribution in [0.25, 0.3) is 0 Å². The van der Waals surface area contributed by atoms with Crippen LogP contribution >= 0.6 is 0 Å². The molecule has 4 nitrogen and oxygen atoms in total. The fraction of sp³-hybridized carbons (Fsp3) is 0.562. The van der Waals surface area contributed by atoms with Crippen molar-refractivity contribution in [2.75, 3.05) is 20.2 Å². The molecule has 1 fully saturated rings. The van der Waals surface area contributed by atoms with E-state index < -0.39 is 0 Å². The summed E-state index contributed by atoms with van der Waals surface area (Å²) in [5, 5.41) is 0. The van der Waals surface area contributed by atoms with Crippen molar-refractivity contribution in [1.82, 2.24) is 4.90 Å². The molecule has 1 aromatic rings. The Labute approximate surface area is 120 Å². The van der Waals surface area contributed by atoms with Crippen LogP contribution in [0.3, 0.4) is 0 Å². The molecular weight excluding hydrogens is 252 g/mol. The number of carbonyl (C=O) groups is 1. The Bertz CT molecular complexity index is 462. The summed E-state index contributed by atoms with van der Waals surface area (Å²) in [5.41, 5.74) is 8.05. The smallest absolute Gasteiger partial charge is 0.309 e. The lowest BCUT2D eigenvalue weighted by molar-refractivity contribution is -0.139. The number of hydrogen-bond donors (Lipinski definition) is 1. The largest absolute Gasteiger partial charge is 0.469 e. The summed E-state index contributed by atoms with van der Waals surface area (Å²) in [4.78, 5) is 13.9. The first-order valence-corrected chi connectivity index (χ1v) is 7.21. The van der Waals surface area contributed by atoms with Gasteiger partial charge >= 0.3 is 5.97 Å². The lowest BCUT2D eigenvalue weighted by Crippen LogP contribution is -2.28. The number of nitrogens with two attached hydrogens (primary N) is 1. The fourth-order valence-electron chi connectivity index (χ4n) is 2.94. The number of likely N-dealkylation sites (tertiary alicyclic amines) is 1. The van der Waals surface area contributed by atoms with Crippen LogP contribution in [0.5, 0.6) is 0 Å². The molecule has 110 valence electrons. The monoisotopic (exact) mass is 276 g/mol. The lowest BCUT2D eigenvalue weighted by atomic mass is 10.0. The molecule has 0 radical (unpaired) electrons. The van der Waals surface area contributed by atoms with Crippen LogP contribution in [0.15, 0.2) is 24.3 Å². The summed E-state index contributed by atoms with van der Waals surface area (Å²) >= 11 is 0. The normalized spacial score (nSPS) is 22.9. The van der Waals surface area contributed by atoms with Crippen LogP contribution in [0.4, 0.5) is 0 Å². The molecule has 0 aliphatic carbocycles. The van der Waals surface area contributed by atoms with Gasteiger partial charge in [-0.05, 0) is 36.9 Å². The molecule has 0 bridgehead atoms. The first kappa shape index (κ1) is 15.0. The van der Waals surface area contributed by atoms with Crippen molar-refractivity contribution in [3.8, 4) is 0 Å². The molecule has 1 aliphatic heterocycles. The van der Waals surface area contributed by atoms with Gasteiger partial charge in [0.25, 0.3) is 0 Å². The average Bonchev–Trinajstić information content (AvgIpc) is 2.81. The second-order valence-corrected chi connectivity index (χ2v) is 5.64. The van der Waals surface area contributed by atoms with E-state index in [1.165, 1.54) is 12.7 Å². The van der Waals surface area contributed by atoms with Crippen molar-refractivity contribution in [1.29, 1.82) is 0 Å². The molecule has 4 heteroatoms. The molecular formula is C16H24N2O2. The van der Waals surface area contributed by atoms with Crippen LogP contribution in [-0.4, -0.2) is 37.1 Å². The van der Waals surface area contributed by atoms with E-state index in [1.54, 1.807) is 0 Å². The highest BCUT2D eigenvalue weighted by Gasteiger charge is 2.28. The second-order valence-electron chi connectivity index (χ2n) is 5.64. The molecule has 20 heavy (non-hydrogen) atoms. The second kappa shape index (κ2) is 6.86. The van der Waals surface area contributed by atoms with E-state index in [4.69, 9.17) is 10.5 Å². The van der Waals surface area contributed by atoms with Crippen LogP contribution in [-0.2, 0) is 22.5 Å². The maximum absolute atomic E-state index is 11.5. The first-order chi connectivity index (χ1) is 9.63. The van der Waals surface area contributed by atoms with E-state index in [-0.39, 0.29) is 5.97 Å². The molecule has 1 aliphatic rings. The summed E-state index contributed by atoms with van der Waals surface area (Å²) in [6.07, 6.45) is 1.50. The van der Waals surface area contributed by atoms with Crippen molar-refractivity contribution >= 4 is 5.97 Å². The molecule has 2 rings (SSSR count). The van der Waals surface area contributed by atoms with Gasteiger partial charge in [0.05, 0.1) is 13.5 Å². The van der Waals surface area contributed by atoms with E-state index in [2.05, 4.69) is 17.9 Å². The van der Waals surface area contributed by atoms with Gasteiger partial charge in [0, 0.05) is 19.1 Å². The summed E-state index contributed by atoms with van der Waals surface area (Å²) in [5.74, 6) is 0.407. The highest BCUT2D eigenvalue weighted by molar-refractivity contribution is 5.72. The number of rotatable bonds is 5. The van der Waals surface area contributed by atoms with Gasteiger partial charge in [0.1, 0.15) is 0 Å². The highest BCUT2D eigenvalue weighted by atomic mass is 16.5. The van der Waals surface area contributed by atoms with Gasteiger partial charge in [-0.15, -0.1) is 0 Å². The Morgan fingerprint density at radius 2 is 2.10 bits per heavy atom. The minimum absolute atomic E-state index is 0.188. The predicted octanol–water partition coefficient (Wildman–Crippen LogP) is 1.57. The first-order valence-electron chi connectivity index (χ1n) is 7.21. The van der Waals surface area contributed by atoms with Gasteiger partial charge in [0.15, 0.2) is 0 Å². The van der Waals surface area contributed by atoms with Crippen molar-refractivity contribution in [3.63, 3.8) is 0 Å². The lowest BCUT2D eigenvalue weighted by Gasteiger charge is -2.22. The van der Waals surface area contributed by atoms with Gasteiger partial charge < -0.3 is 10.5 Å². The summed E-state index contributed by atoms with van der Waals surface area (Å²) in [7, 11) is 1.43. The van der Waals surface area contributed by atoms with E-state index in [9.17, 15) is 4.79 Å². The number of hydrogen-bond acceptors (Lipinski definition) is 4. The van der Waals surface area contributed by atoms with Crippen LogP contribution < -0.4 is 5.73 Å². The maximum Gasteiger partial charge on any atom is 0.309 e. The number of methoxy groups -OCH3 is 1. The zero-order valence-electron chi connectivity index (χ0n) is 12.3. The molecule has 0 amide bonds. The SMILES string of the molecule is COC(=O)Cc1ccccc1CN1CC(CN)CC1C. The number of esters is 1. The topological polar surface area (TPSA) is 55.6 Å².